The molecule has 0 saturated carbocycles. The normalized spacial score (nSPS) is 11.1. The second-order valence-electron chi connectivity index (χ2n) is 7.28. The monoisotopic (exact) mass is 394 g/mol. The molecule has 1 N–H and O–H groups in total. The van der Waals surface area contributed by atoms with Crippen molar-refractivity contribution in [1.29, 1.82) is 0 Å². The van der Waals surface area contributed by atoms with Crippen LogP contribution in [0.1, 0.15) is 35.3 Å². The number of hydrogen-bond acceptors (Lipinski definition) is 3. The van der Waals surface area contributed by atoms with Crippen LogP contribution >= 0.6 is 11.6 Å². The van der Waals surface area contributed by atoms with E-state index in [1.165, 1.54) is 0 Å². The molecule has 1 amide bonds. The number of aromatic nitrogens is 1. The SMILES string of the molecule is CC(C)(Cc1ccccc1Cl)NC(=O)c1cccc(OCc2cccnc2)c1. The van der Waals surface area contributed by atoms with Gasteiger partial charge in [0.05, 0.1) is 0 Å². The third-order valence-corrected chi connectivity index (χ3v) is 4.64. The third-order valence-electron chi connectivity index (χ3n) is 4.27. The fourth-order valence-corrected chi connectivity index (χ4v) is 3.12. The quantitative estimate of drug-likeness (QED) is 0.609. The molecule has 0 unspecified atom stereocenters. The Morgan fingerprint density at radius 1 is 1.11 bits per heavy atom. The number of nitrogens with zero attached hydrogens (tertiary/aromatic N) is 1. The Labute approximate surface area is 170 Å². The van der Waals surface area contributed by atoms with Crippen LogP contribution in [0.25, 0.3) is 0 Å². The number of carbonyl (C=O) groups excluding carboxylic acids is 1. The van der Waals surface area contributed by atoms with Crippen molar-refractivity contribution in [2.75, 3.05) is 0 Å². The molecule has 144 valence electrons. The van der Waals surface area contributed by atoms with Crippen molar-refractivity contribution in [2.24, 2.45) is 0 Å². The molecule has 0 aliphatic heterocycles. The van der Waals surface area contributed by atoms with Crippen molar-refractivity contribution in [2.45, 2.75) is 32.4 Å². The van der Waals surface area contributed by atoms with E-state index in [0.717, 1.165) is 11.1 Å². The molecule has 0 aliphatic rings. The molecule has 1 aromatic heterocycles. The van der Waals surface area contributed by atoms with E-state index in [-0.39, 0.29) is 5.91 Å². The Morgan fingerprint density at radius 2 is 1.93 bits per heavy atom. The number of pyridine rings is 1. The lowest BCUT2D eigenvalue weighted by Gasteiger charge is -2.27. The van der Waals surface area contributed by atoms with Gasteiger partial charge in [0.15, 0.2) is 0 Å². The molecular weight excluding hydrogens is 372 g/mol. The Bertz CT molecular complexity index is 942. The predicted octanol–water partition coefficient (Wildman–Crippen LogP) is 5.07. The van der Waals surface area contributed by atoms with Gasteiger partial charge in [-0.2, -0.15) is 0 Å². The van der Waals surface area contributed by atoms with Crippen LogP contribution < -0.4 is 10.1 Å². The molecule has 3 aromatic rings. The van der Waals surface area contributed by atoms with Gasteiger partial charge in [0.1, 0.15) is 12.4 Å². The van der Waals surface area contributed by atoms with Gasteiger partial charge >= 0.3 is 0 Å². The Balaban J connectivity index is 1.64. The van der Waals surface area contributed by atoms with Gasteiger partial charge in [-0.1, -0.05) is 41.9 Å². The first-order valence-electron chi connectivity index (χ1n) is 9.11. The van der Waals surface area contributed by atoms with Gasteiger partial charge in [-0.25, -0.2) is 0 Å². The summed E-state index contributed by atoms with van der Waals surface area (Å²) in [5.74, 6) is 0.490. The van der Waals surface area contributed by atoms with Gasteiger partial charge in [-0.05, 0) is 56.2 Å². The first kappa shape index (κ1) is 19.9. The van der Waals surface area contributed by atoms with Crippen molar-refractivity contribution in [3.63, 3.8) is 0 Å². The number of carbonyl (C=O) groups is 1. The van der Waals surface area contributed by atoms with E-state index in [2.05, 4.69) is 10.3 Å². The molecule has 28 heavy (non-hydrogen) atoms. The zero-order valence-corrected chi connectivity index (χ0v) is 16.7. The predicted molar refractivity (Wildman–Crippen MR) is 112 cm³/mol. The number of ether oxygens (including phenoxy) is 1. The van der Waals surface area contributed by atoms with E-state index in [0.29, 0.717) is 29.4 Å². The summed E-state index contributed by atoms with van der Waals surface area (Å²) in [4.78, 5) is 16.8. The van der Waals surface area contributed by atoms with Gasteiger partial charge in [-0.3, -0.25) is 9.78 Å². The first-order valence-corrected chi connectivity index (χ1v) is 9.48. The van der Waals surface area contributed by atoms with Gasteiger partial charge in [0, 0.05) is 34.1 Å². The zero-order valence-electron chi connectivity index (χ0n) is 16.0. The zero-order chi connectivity index (χ0) is 20.0. The molecule has 1 heterocycles. The summed E-state index contributed by atoms with van der Waals surface area (Å²) < 4.78 is 5.79. The van der Waals surface area contributed by atoms with E-state index in [1.54, 1.807) is 24.5 Å². The highest BCUT2D eigenvalue weighted by Gasteiger charge is 2.23. The van der Waals surface area contributed by atoms with Gasteiger partial charge in [0.2, 0.25) is 0 Å². The van der Waals surface area contributed by atoms with Crippen LogP contribution in [-0.4, -0.2) is 16.4 Å². The molecule has 3 rings (SSSR count). The molecule has 4 nitrogen and oxygen atoms in total. The summed E-state index contributed by atoms with van der Waals surface area (Å²) in [6.07, 6.45) is 4.11. The second kappa shape index (κ2) is 8.89. The molecular formula is C23H23ClN2O2. The number of hydrogen-bond donors (Lipinski definition) is 1. The van der Waals surface area contributed by atoms with Crippen LogP contribution in [0, 0.1) is 0 Å². The molecule has 2 aromatic carbocycles. The van der Waals surface area contributed by atoms with Crippen LogP contribution in [0.5, 0.6) is 5.75 Å². The molecule has 0 aliphatic carbocycles. The van der Waals surface area contributed by atoms with E-state index in [4.69, 9.17) is 16.3 Å². The fourth-order valence-electron chi connectivity index (χ4n) is 2.92. The fraction of sp³-hybridized carbons (Fsp3) is 0.217. The topological polar surface area (TPSA) is 51.2 Å². The molecule has 0 atom stereocenters. The van der Waals surface area contributed by atoms with Crippen LogP contribution in [0.2, 0.25) is 5.02 Å². The Morgan fingerprint density at radius 3 is 2.68 bits per heavy atom. The number of rotatable bonds is 7. The minimum Gasteiger partial charge on any atom is -0.489 e. The standard InChI is InChI=1S/C23H23ClN2O2/c1-23(2,14-19-8-3-4-11-21(19)24)26-22(27)18-9-5-10-20(13-18)28-16-17-7-6-12-25-15-17/h3-13,15H,14,16H2,1-2H3,(H,26,27). The van der Waals surface area contributed by atoms with Crippen molar-refractivity contribution < 1.29 is 9.53 Å². The van der Waals surface area contributed by atoms with Crippen molar-refractivity contribution in [3.05, 3.63) is 94.8 Å². The summed E-state index contributed by atoms with van der Waals surface area (Å²) in [6, 6.07) is 18.7. The van der Waals surface area contributed by atoms with Gasteiger partial charge in [-0.15, -0.1) is 0 Å². The van der Waals surface area contributed by atoms with Gasteiger partial charge < -0.3 is 10.1 Å². The van der Waals surface area contributed by atoms with Crippen LogP contribution in [0.15, 0.2) is 73.1 Å². The number of nitrogens with one attached hydrogen (secondary N) is 1. The lowest BCUT2D eigenvalue weighted by atomic mass is 9.94. The highest BCUT2D eigenvalue weighted by Crippen LogP contribution is 2.22. The lowest BCUT2D eigenvalue weighted by molar-refractivity contribution is 0.0912. The lowest BCUT2D eigenvalue weighted by Crippen LogP contribution is -2.45. The number of benzene rings is 2. The summed E-state index contributed by atoms with van der Waals surface area (Å²) in [5.41, 5.74) is 2.08. The van der Waals surface area contributed by atoms with Crippen molar-refractivity contribution >= 4 is 17.5 Å². The molecule has 0 fully saturated rings. The summed E-state index contributed by atoms with van der Waals surface area (Å²) in [6.45, 7) is 4.37. The second-order valence-corrected chi connectivity index (χ2v) is 7.69. The molecule has 0 bridgehead atoms. The van der Waals surface area contributed by atoms with Crippen LogP contribution in [0.4, 0.5) is 0 Å². The van der Waals surface area contributed by atoms with E-state index in [1.807, 2.05) is 62.4 Å². The van der Waals surface area contributed by atoms with E-state index >= 15 is 0 Å². The maximum absolute atomic E-state index is 12.8. The minimum atomic E-state index is -0.450. The summed E-state index contributed by atoms with van der Waals surface area (Å²) in [7, 11) is 0. The largest absolute Gasteiger partial charge is 0.489 e. The highest BCUT2D eigenvalue weighted by atomic mass is 35.5. The highest BCUT2D eigenvalue weighted by molar-refractivity contribution is 6.31. The summed E-state index contributed by atoms with van der Waals surface area (Å²) in [5, 5.41) is 3.79. The molecule has 0 saturated heterocycles. The molecule has 0 radical (unpaired) electrons. The first-order chi connectivity index (χ1) is 13.4. The Kier molecular flexibility index (Phi) is 6.32. The number of amides is 1. The summed E-state index contributed by atoms with van der Waals surface area (Å²) >= 11 is 6.26. The molecule has 0 spiro atoms. The molecule has 5 heteroatoms. The maximum atomic E-state index is 12.8. The van der Waals surface area contributed by atoms with Crippen molar-refractivity contribution in [3.8, 4) is 5.75 Å². The smallest absolute Gasteiger partial charge is 0.251 e. The van der Waals surface area contributed by atoms with E-state index < -0.39 is 5.54 Å². The third kappa shape index (κ3) is 5.57. The maximum Gasteiger partial charge on any atom is 0.251 e. The van der Waals surface area contributed by atoms with Crippen molar-refractivity contribution in [1.82, 2.24) is 10.3 Å². The van der Waals surface area contributed by atoms with Gasteiger partial charge in [0.25, 0.3) is 5.91 Å². The number of halogens is 1. The Hall–Kier alpha value is -2.85. The van der Waals surface area contributed by atoms with Crippen LogP contribution in [0.3, 0.4) is 0 Å². The minimum absolute atomic E-state index is 0.149. The average Bonchev–Trinajstić information content (AvgIpc) is 2.69. The average molecular weight is 395 g/mol. The van der Waals surface area contributed by atoms with E-state index in [9.17, 15) is 4.79 Å². The van der Waals surface area contributed by atoms with Crippen LogP contribution in [-0.2, 0) is 13.0 Å².